The van der Waals surface area contributed by atoms with Crippen LogP contribution in [0.1, 0.15) is 36.8 Å². The molecule has 0 heterocycles. The number of hydrogen-bond donors (Lipinski definition) is 2. The van der Waals surface area contributed by atoms with Crippen LogP contribution in [0.2, 0.25) is 0 Å². The molecule has 1 amide bonds. The average Bonchev–Trinajstić information content (AvgIpc) is 2.89. The number of benzene rings is 1. The second-order valence-corrected chi connectivity index (χ2v) is 5.52. The van der Waals surface area contributed by atoms with E-state index in [0.717, 1.165) is 32.2 Å². The normalized spacial score (nSPS) is 16.5. The first kappa shape index (κ1) is 17.0. The number of nitrogens with one attached hydrogen (secondary N) is 2. The highest BCUT2D eigenvalue weighted by atomic mass is 35.5. The third-order valence-electron chi connectivity index (χ3n) is 4.12. The van der Waals surface area contributed by atoms with E-state index in [2.05, 4.69) is 41.8 Å². The fourth-order valence-corrected chi connectivity index (χ4v) is 3.04. The molecule has 1 fully saturated rings. The third-order valence-corrected chi connectivity index (χ3v) is 4.12. The third kappa shape index (κ3) is 3.53. The summed E-state index contributed by atoms with van der Waals surface area (Å²) < 4.78 is 0. The van der Waals surface area contributed by atoms with Crippen LogP contribution >= 0.6 is 12.4 Å². The molecule has 112 valence electrons. The van der Waals surface area contributed by atoms with Crippen molar-refractivity contribution in [1.29, 1.82) is 0 Å². The number of amides is 1. The minimum atomic E-state index is -0.292. The van der Waals surface area contributed by atoms with Gasteiger partial charge in [-0.05, 0) is 32.4 Å². The maximum Gasteiger partial charge on any atom is 0.230 e. The molecule has 3 nitrogen and oxygen atoms in total. The monoisotopic (exact) mass is 296 g/mol. The van der Waals surface area contributed by atoms with Crippen molar-refractivity contribution in [1.82, 2.24) is 10.6 Å². The van der Waals surface area contributed by atoms with Gasteiger partial charge in [0.15, 0.2) is 0 Å². The Labute approximate surface area is 127 Å². The predicted molar refractivity (Wildman–Crippen MR) is 85.5 cm³/mol. The highest BCUT2D eigenvalue weighted by molar-refractivity contribution is 5.88. The molecule has 20 heavy (non-hydrogen) atoms. The first-order valence-corrected chi connectivity index (χ1v) is 7.19. The Kier molecular flexibility index (Phi) is 6.50. The van der Waals surface area contributed by atoms with E-state index in [-0.39, 0.29) is 23.7 Å². The average molecular weight is 297 g/mol. The van der Waals surface area contributed by atoms with Gasteiger partial charge in [-0.15, -0.1) is 12.4 Å². The Hall–Kier alpha value is -1.06. The highest BCUT2D eigenvalue weighted by Crippen LogP contribution is 2.41. The van der Waals surface area contributed by atoms with Crippen molar-refractivity contribution in [3.63, 3.8) is 0 Å². The van der Waals surface area contributed by atoms with Gasteiger partial charge in [0.1, 0.15) is 0 Å². The van der Waals surface area contributed by atoms with Gasteiger partial charge in [0.2, 0.25) is 5.91 Å². The molecule has 1 saturated carbocycles. The summed E-state index contributed by atoms with van der Waals surface area (Å²) in [5.74, 6) is 0.200. The van der Waals surface area contributed by atoms with Gasteiger partial charge in [-0.1, -0.05) is 42.7 Å². The Morgan fingerprint density at radius 2 is 1.95 bits per heavy atom. The fourth-order valence-electron chi connectivity index (χ4n) is 3.04. The maximum absolute atomic E-state index is 12.6. The van der Waals surface area contributed by atoms with Gasteiger partial charge in [-0.2, -0.15) is 0 Å². The molecule has 1 aliphatic carbocycles. The lowest BCUT2D eigenvalue weighted by atomic mass is 9.77. The summed E-state index contributed by atoms with van der Waals surface area (Å²) in [7, 11) is 1.90. The quantitative estimate of drug-likeness (QED) is 0.820. The first-order chi connectivity index (χ1) is 9.19. The van der Waals surface area contributed by atoms with Crippen molar-refractivity contribution >= 4 is 18.3 Å². The molecule has 0 aromatic heterocycles. The summed E-state index contributed by atoms with van der Waals surface area (Å²) in [6.45, 7) is 3.60. The van der Waals surface area contributed by atoms with Crippen molar-refractivity contribution in [2.24, 2.45) is 0 Å². The summed E-state index contributed by atoms with van der Waals surface area (Å²) >= 11 is 0. The van der Waals surface area contributed by atoms with Gasteiger partial charge in [0.25, 0.3) is 0 Å². The molecule has 0 bridgehead atoms. The molecule has 2 rings (SSSR count). The van der Waals surface area contributed by atoms with Crippen molar-refractivity contribution < 1.29 is 4.79 Å². The number of likely N-dealkylation sites (N-methyl/N-ethyl adjacent to an activating group) is 1. The summed E-state index contributed by atoms with van der Waals surface area (Å²) in [4.78, 5) is 12.6. The van der Waals surface area contributed by atoms with Gasteiger partial charge in [0.05, 0.1) is 5.41 Å². The lowest BCUT2D eigenvalue weighted by Crippen LogP contribution is -2.44. The van der Waals surface area contributed by atoms with E-state index in [1.807, 2.05) is 7.05 Å². The molecule has 1 aliphatic rings. The molecule has 0 atom stereocenters. The number of halogens is 1. The van der Waals surface area contributed by atoms with Crippen molar-refractivity contribution in [2.45, 2.75) is 38.0 Å². The van der Waals surface area contributed by atoms with E-state index in [1.54, 1.807) is 0 Å². The number of aryl methyl sites for hydroxylation is 1. The topological polar surface area (TPSA) is 41.1 Å². The summed E-state index contributed by atoms with van der Waals surface area (Å²) in [6.07, 6.45) is 4.24. The molecule has 2 N–H and O–H groups in total. The minimum Gasteiger partial charge on any atom is -0.354 e. The maximum atomic E-state index is 12.6. The van der Waals surface area contributed by atoms with Crippen molar-refractivity contribution in [3.8, 4) is 0 Å². The van der Waals surface area contributed by atoms with Gasteiger partial charge < -0.3 is 10.6 Å². The first-order valence-electron chi connectivity index (χ1n) is 7.19. The number of carbonyl (C=O) groups excluding carboxylic acids is 1. The van der Waals surface area contributed by atoms with Gasteiger partial charge in [-0.25, -0.2) is 0 Å². The SMILES string of the molecule is CNCCNC(=O)C1(c2cccc(C)c2)CCCC1.Cl. The van der Waals surface area contributed by atoms with E-state index in [0.29, 0.717) is 6.54 Å². The van der Waals surface area contributed by atoms with Crippen LogP contribution in [0.15, 0.2) is 24.3 Å². The van der Waals surface area contributed by atoms with Gasteiger partial charge >= 0.3 is 0 Å². The van der Waals surface area contributed by atoms with Gasteiger partial charge in [-0.3, -0.25) is 4.79 Å². The van der Waals surface area contributed by atoms with Crippen molar-refractivity contribution in [3.05, 3.63) is 35.4 Å². The lowest BCUT2D eigenvalue weighted by molar-refractivity contribution is -0.126. The molecular formula is C16H25ClN2O. The zero-order valence-electron chi connectivity index (χ0n) is 12.4. The van der Waals surface area contributed by atoms with E-state index in [1.165, 1.54) is 11.1 Å². The van der Waals surface area contributed by atoms with E-state index < -0.39 is 0 Å². The molecule has 0 aliphatic heterocycles. The Morgan fingerprint density at radius 1 is 1.25 bits per heavy atom. The summed E-state index contributed by atoms with van der Waals surface area (Å²) in [5, 5.41) is 6.14. The van der Waals surface area contributed by atoms with Gasteiger partial charge in [0, 0.05) is 13.1 Å². The van der Waals surface area contributed by atoms with Crippen LogP contribution in [-0.2, 0) is 10.2 Å². The standard InChI is InChI=1S/C16H24N2O.ClH/c1-13-6-5-7-14(12-13)16(8-3-4-9-16)15(19)18-11-10-17-2;/h5-7,12,17H,3-4,8-11H2,1-2H3,(H,18,19);1H. The van der Waals surface area contributed by atoms with Crippen molar-refractivity contribution in [2.75, 3.05) is 20.1 Å². The molecular weight excluding hydrogens is 272 g/mol. The van der Waals surface area contributed by atoms with Crippen LogP contribution in [-0.4, -0.2) is 26.0 Å². The number of hydrogen-bond acceptors (Lipinski definition) is 2. The predicted octanol–water partition coefficient (Wildman–Crippen LogP) is 2.56. The molecule has 0 radical (unpaired) electrons. The zero-order chi connectivity index (χ0) is 13.7. The zero-order valence-corrected chi connectivity index (χ0v) is 13.2. The fraction of sp³-hybridized carbons (Fsp3) is 0.562. The summed E-state index contributed by atoms with van der Waals surface area (Å²) in [6, 6.07) is 8.43. The van der Waals surface area contributed by atoms with E-state index in [9.17, 15) is 4.79 Å². The Balaban J connectivity index is 0.00000200. The van der Waals surface area contributed by atoms with Crippen LogP contribution in [0, 0.1) is 6.92 Å². The number of carbonyl (C=O) groups is 1. The smallest absolute Gasteiger partial charge is 0.230 e. The minimum absolute atomic E-state index is 0. The molecule has 0 saturated heterocycles. The van der Waals surface area contributed by atoms with Crippen LogP contribution in [0.4, 0.5) is 0 Å². The molecule has 1 aromatic rings. The second-order valence-electron chi connectivity index (χ2n) is 5.52. The van der Waals surface area contributed by atoms with Crippen LogP contribution in [0.5, 0.6) is 0 Å². The number of rotatable bonds is 5. The largest absolute Gasteiger partial charge is 0.354 e. The Bertz CT molecular complexity index is 442. The molecule has 0 spiro atoms. The molecule has 4 heteroatoms. The molecule has 1 aromatic carbocycles. The Morgan fingerprint density at radius 3 is 2.55 bits per heavy atom. The second kappa shape index (κ2) is 7.65. The van der Waals surface area contributed by atoms with E-state index in [4.69, 9.17) is 0 Å². The highest BCUT2D eigenvalue weighted by Gasteiger charge is 2.42. The van der Waals surface area contributed by atoms with E-state index >= 15 is 0 Å². The van der Waals surface area contributed by atoms with Crippen LogP contribution in [0.3, 0.4) is 0 Å². The van der Waals surface area contributed by atoms with Crippen LogP contribution in [0.25, 0.3) is 0 Å². The van der Waals surface area contributed by atoms with Crippen LogP contribution < -0.4 is 10.6 Å². The molecule has 0 unspecified atom stereocenters. The lowest BCUT2D eigenvalue weighted by Gasteiger charge is -2.28. The summed E-state index contributed by atoms with van der Waals surface area (Å²) in [5.41, 5.74) is 2.12.